The zero-order valence-corrected chi connectivity index (χ0v) is 9.93. The molecule has 1 amide bonds. The van der Waals surface area contributed by atoms with Crippen LogP contribution in [-0.4, -0.2) is 23.8 Å². The summed E-state index contributed by atoms with van der Waals surface area (Å²) in [6.07, 6.45) is 0.0648. The normalized spacial score (nSPS) is 18.3. The number of hydrogen-bond acceptors (Lipinski definition) is 4. The van der Waals surface area contributed by atoms with Crippen LogP contribution in [0, 0.1) is 0 Å². The van der Waals surface area contributed by atoms with Crippen molar-refractivity contribution in [2.75, 3.05) is 5.32 Å². The fourth-order valence-electron chi connectivity index (χ4n) is 1.82. The van der Waals surface area contributed by atoms with Gasteiger partial charge in [-0.3, -0.25) is 14.4 Å². The predicted molar refractivity (Wildman–Crippen MR) is 64.2 cm³/mol. The Bertz CT molecular complexity index is 492. The third-order valence-corrected chi connectivity index (χ3v) is 2.67. The molecule has 1 aliphatic heterocycles. The van der Waals surface area contributed by atoms with Gasteiger partial charge in [0.15, 0.2) is 6.10 Å². The molecule has 2 rings (SSSR count). The van der Waals surface area contributed by atoms with Crippen molar-refractivity contribution in [2.45, 2.75) is 25.9 Å². The lowest BCUT2D eigenvalue weighted by atomic mass is 10.0. The Hall–Kier alpha value is -2.17. The van der Waals surface area contributed by atoms with Crippen molar-refractivity contribution < 1.29 is 19.1 Å². The van der Waals surface area contributed by atoms with E-state index in [0.29, 0.717) is 24.1 Å². The number of ether oxygens (including phenoxy) is 1. The summed E-state index contributed by atoms with van der Waals surface area (Å²) in [5.41, 5.74) is 1.10. The Labute approximate surface area is 104 Å². The summed E-state index contributed by atoms with van der Waals surface area (Å²) >= 11 is 0. The number of anilines is 1. The van der Waals surface area contributed by atoms with E-state index in [-0.39, 0.29) is 17.7 Å². The molecule has 1 aromatic carbocycles. The number of cyclic esters (lactones) is 1. The van der Waals surface area contributed by atoms with Gasteiger partial charge in [-0.25, -0.2) is 0 Å². The minimum Gasteiger partial charge on any atom is -0.454 e. The highest BCUT2D eigenvalue weighted by molar-refractivity contribution is 6.02. The molecule has 94 valence electrons. The van der Waals surface area contributed by atoms with Crippen molar-refractivity contribution in [3.05, 3.63) is 29.8 Å². The number of ketones is 1. The van der Waals surface area contributed by atoms with Crippen molar-refractivity contribution in [1.29, 1.82) is 0 Å². The standard InChI is InChI=1S/C13H13NO4/c1-8(15)14-10-4-2-9(3-5-10)13(17)11-6-7-12(16)18-11/h2-5,11H,6-7H2,1H3,(H,14,15). The first kappa shape index (κ1) is 12.3. The summed E-state index contributed by atoms with van der Waals surface area (Å²) < 4.78 is 4.91. The molecule has 18 heavy (non-hydrogen) atoms. The molecule has 1 N–H and O–H groups in total. The van der Waals surface area contributed by atoms with E-state index in [1.807, 2.05) is 0 Å². The summed E-state index contributed by atoms with van der Waals surface area (Å²) in [7, 11) is 0. The van der Waals surface area contributed by atoms with Crippen LogP contribution in [0.4, 0.5) is 5.69 Å². The predicted octanol–water partition coefficient (Wildman–Crippen LogP) is 1.53. The van der Waals surface area contributed by atoms with E-state index in [9.17, 15) is 14.4 Å². The van der Waals surface area contributed by atoms with Gasteiger partial charge in [-0.1, -0.05) is 0 Å². The van der Waals surface area contributed by atoms with Gasteiger partial charge >= 0.3 is 5.97 Å². The maximum atomic E-state index is 12.0. The molecule has 1 atom stereocenters. The highest BCUT2D eigenvalue weighted by atomic mass is 16.6. The summed E-state index contributed by atoms with van der Waals surface area (Å²) in [5, 5.41) is 2.61. The first-order valence-electron chi connectivity index (χ1n) is 5.67. The molecule has 1 aliphatic rings. The number of benzene rings is 1. The number of carbonyl (C=O) groups excluding carboxylic acids is 3. The summed E-state index contributed by atoms with van der Waals surface area (Å²) in [4.78, 5) is 33.7. The van der Waals surface area contributed by atoms with E-state index in [0.717, 1.165) is 0 Å². The van der Waals surface area contributed by atoms with Crippen molar-refractivity contribution >= 4 is 23.3 Å². The van der Waals surface area contributed by atoms with Gasteiger partial charge in [-0.2, -0.15) is 0 Å². The Morgan fingerprint density at radius 1 is 1.28 bits per heavy atom. The molecule has 5 heteroatoms. The average Bonchev–Trinajstić information content (AvgIpc) is 2.75. The van der Waals surface area contributed by atoms with E-state index in [1.165, 1.54) is 6.92 Å². The number of rotatable bonds is 3. The molecule has 0 aliphatic carbocycles. The van der Waals surface area contributed by atoms with Crippen LogP contribution in [0.25, 0.3) is 0 Å². The van der Waals surface area contributed by atoms with Gasteiger partial charge < -0.3 is 10.1 Å². The van der Waals surface area contributed by atoms with E-state index in [1.54, 1.807) is 24.3 Å². The molecule has 0 aromatic heterocycles. The number of carbonyl (C=O) groups is 3. The van der Waals surface area contributed by atoms with E-state index in [4.69, 9.17) is 4.74 Å². The van der Waals surface area contributed by atoms with Gasteiger partial charge in [0.2, 0.25) is 11.7 Å². The highest BCUT2D eigenvalue weighted by Gasteiger charge is 2.30. The van der Waals surface area contributed by atoms with Gasteiger partial charge in [-0.15, -0.1) is 0 Å². The Kier molecular flexibility index (Phi) is 3.41. The van der Waals surface area contributed by atoms with Gasteiger partial charge in [0.05, 0.1) is 0 Å². The van der Waals surface area contributed by atoms with Gasteiger partial charge in [0.1, 0.15) is 0 Å². The molecular weight excluding hydrogens is 234 g/mol. The summed E-state index contributed by atoms with van der Waals surface area (Å²) in [5.74, 6) is -0.697. The smallest absolute Gasteiger partial charge is 0.306 e. The number of Topliss-reactive ketones (excluding diaryl/α,β-unsaturated/α-hetero) is 1. The Morgan fingerprint density at radius 2 is 1.94 bits per heavy atom. The zero-order valence-electron chi connectivity index (χ0n) is 9.93. The first-order valence-corrected chi connectivity index (χ1v) is 5.67. The lowest BCUT2D eigenvalue weighted by Crippen LogP contribution is -2.20. The third-order valence-electron chi connectivity index (χ3n) is 2.67. The molecule has 0 saturated carbocycles. The largest absolute Gasteiger partial charge is 0.454 e. The Balaban J connectivity index is 2.07. The average molecular weight is 247 g/mol. The van der Waals surface area contributed by atoms with Crippen molar-refractivity contribution in [3.8, 4) is 0 Å². The van der Waals surface area contributed by atoms with Crippen LogP contribution in [0.3, 0.4) is 0 Å². The highest BCUT2D eigenvalue weighted by Crippen LogP contribution is 2.19. The molecule has 0 radical (unpaired) electrons. The molecular formula is C13H13NO4. The van der Waals surface area contributed by atoms with Crippen LogP contribution in [0.2, 0.25) is 0 Å². The zero-order chi connectivity index (χ0) is 13.1. The quantitative estimate of drug-likeness (QED) is 0.649. The molecule has 1 saturated heterocycles. The fourth-order valence-corrected chi connectivity index (χ4v) is 1.82. The van der Waals surface area contributed by atoms with Crippen LogP contribution < -0.4 is 5.32 Å². The summed E-state index contributed by atoms with van der Waals surface area (Å²) in [6.45, 7) is 1.41. The SMILES string of the molecule is CC(=O)Nc1ccc(C(=O)C2CCC(=O)O2)cc1. The Morgan fingerprint density at radius 3 is 2.44 bits per heavy atom. The summed E-state index contributed by atoms with van der Waals surface area (Å²) in [6, 6.07) is 6.51. The van der Waals surface area contributed by atoms with E-state index < -0.39 is 6.10 Å². The molecule has 1 aromatic rings. The number of amides is 1. The van der Waals surface area contributed by atoms with Crippen LogP contribution in [0.15, 0.2) is 24.3 Å². The van der Waals surface area contributed by atoms with E-state index in [2.05, 4.69) is 5.32 Å². The third kappa shape index (κ3) is 2.74. The minimum absolute atomic E-state index is 0.168. The molecule has 1 fully saturated rings. The van der Waals surface area contributed by atoms with Crippen LogP contribution >= 0.6 is 0 Å². The maximum Gasteiger partial charge on any atom is 0.306 e. The molecule has 1 heterocycles. The van der Waals surface area contributed by atoms with Gasteiger partial charge in [0.25, 0.3) is 0 Å². The molecule has 0 spiro atoms. The van der Waals surface area contributed by atoms with Gasteiger partial charge in [0, 0.05) is 31.0 Å². The van der Waals surface area contributed by atoms with E-state index >= 15 is 0 Å². The number of nitrogens with one attached hydrogen (secondary N) is 1. The van der Waals surface area contributed by atoms with Crippen molar-refractivity contribution in [3.63, 3.8) is 0 Å². The first-order chi connectivity index (χ1) is 8.56. The molecule has 1 unspecified atom stereocenters. The lowest BCUT2D eigenvalue weighted by Gasteiger charge is -2.08. The second-order valence-corrected chi connectivity index (χ2v) is 4.14. The van der Waals surface area contributed by atoms with Gasteiger partial charge in [-0.05, 0) is 24.3 Å². The number of hydrogen-bond donors (Lipinski definition) is 1. The molecule has 0 bridgehead atoms. The topological polar surface area (TPSA) is 72.5 Å². The maximum absolute atomic E-state index is 12.0. The van der Waals surface area contributed by atoms with Crippen molar-refractivity contribution in [2.24, 2.45) is 0 Å². The second kappa shape index (κ2) is 5.00. The fraction of sp³-hybridized carbons (Fsp3) is 0.308. The van der Waals surface area contributed by atoms with Crippen LogP contribution in [-0.2, 0) is 14.3 Å². The lowest BCUT2D eigenvalue weighted by molar-refractivity contribution is -0.140. The van der Waals surface area contributed by atoms with Crippen LogP contribution in [0.1, 0.15) is 30.1 Å². The van der Waals surface area contributed by atoms with Crippen LogP contribution in [0.5, 0.6) is 0 Å². The molecule has 5 nitrogen and oxygen atoms in total. The van der Waals surface area contributed by atoms with Crippen molar-refractivity contribution in [1.82, 2.24) is 0 Å². The second-order valence-electron chi connectivity index (χ2n) is 4.14. The monoisotopic (exact) mass is 247 g/mol. The minimum atomic E-state index is -0.663. The number of esters is 1.